The maximum atomic E-state index is 10.8. The van der Waals surface area contributed by atoms with Gasteiger partial charge in [0, 0.05) is 18.2 Å². The third-order valence-corrected chi connectivity index (χ3v) is 3.56. The van der Waals surface area contributed by atoms with Crippen LogP contribution in [-0.4, -0.2) is 32.4 Å². The van der Waals surface area contributed by atoms with Crippen LogP contribution < -0.4 is 14.8 Å². The molecule has 1 aromatic carbocycles. The van der Waals surface area contributed by atoms with Crippen LogP contribution in [0.3, 0.4) is 0 Å². The first-order valence-electron chi connectivity index (χ1n) is 6.27. The number of methoxy groups -OCH3 is 2. The number of benzene rings is 1. The molecule has 1 aromatic rings. The molecule has 1 atom stereocenters. The molecule has 0 bridgehead atoms. The first-order chi connectivity index (χ1) is 8.60. The average molecular weight is 251 g/mol. The Kier molecular flexibility index (Phi) is 3.78. The molecule has 0 radical (unpaired) electrons. The minimum Gasteiger partial charge on any atom is -0.497 e. The van der Waals surface area contributed by atoms with Crippen LogP contribution in [0.25, 0.3) is 0 Å². The molecule has 0 amide bonds. The Morgan fingerprint density at radius 2 is 2.06 bits per heavy atom. The molecule has 1 aliphatic rings. The van der Waals surface area contributed by atoms with Gasteiger partial charge in [0.1, 0.15) is 17.1 Å². The molecule has 1 unspecified atom stereocenters. The zero-order valence-corrected chi connectivity index (χ0v) is 11.2. The summed E-state index contributed by atoms with van der Waals surface area (Å²) in [6, 6.07) is 3.76. The summed E-state index contributed by atoms with van der Waals surface area (Å²) in [5.74, 6) is 1.44. The third-order valence-electron chi connectivity index (χ3n) is 3.56. The molecule has 2 N–H and O–H groups in total. The van der Waals surface area contributed by atoms with Crippen LogP contribution in [0, 0.1) is 6.92 Å². The highest BCUT2D eigenvalue weighted by Gasteiger charge is 2.35. The molecule has 0 aromatic heterocycles. The monoisotopic (exact) mass is 251 g/mol. The second kappa shape index (κ2) is 5.16. The van der Waals surface area contributed by atoms with Crippen molar-refractivity contribution in [2.24, 2.45) is 0 Å². The van der Waals surface area contributed by atoms with Crippen LogP contribution >= 0.6 is 0 Å². The van der Waals surface area contributed by atoms with E-state index in [9.17, 15) is 5.11 Å². The molecule has 1 aliphatic heterocycles. The van der Waals surface area contributed by atoms with E-state index < -0.39 is 5.60 Å². The normalized spacial score (nSPS) is 23.8. The number of aliphatic hydroxyl groups is 1. The minimum atomic E-state index is -0.847. The average Bonchev–Trinajstić information content (AvgIpc) is 2.38. The summed E-state index contributed by atoms with van der Waals surface area (Å²) >= 11 is 0. The Hall–Kier alpha value is -1.26. The Morgan fingerprint density at radius 3 is 2.61 bits per heavy atom. The van der Waals surface area contributed by atoms with Crippen LogP contribution in [0.2, 0.25) is 0 Å². The van der Waals surface area contributed by atoms with Crippen molar-refractivity contribution in [3.05, 3.63) is 23.3 Å². The van der Waals surface area contributed by atoms with Gasteiger partial charge in [0.25, 0.3) is 0 Å². The standard InChI is InChI=1S/C14H21NO3/c1-10-7-11(17-2)8-12(18-3)13(10)14(16)5-4-6-15-9-14/h7-8,15-16H,4-6,9H2,1-3H3. The lowest BCUT2D eigenvalue weighted by molar-refractivity contribution is 0.00962. The number of aryl methyl sites for hydroxylation is 1. The lowest BCUT2D eigenvalue weighted by Gasteiger charge is -2.35. The van der Waals surface area contributed by atoms with E-state index in [2.05, 4.69) is 5.32 Å². The zero-order chi connectivity index (χ0) is 13.2. The summed E-state index contributed by atoms with van der Waals surface area (Å²) in [7, 11) is 3.25. The Bertz CT molecular complexity index is 425. The molecule has 1 heterocycles. The molecule has 18 heavy (non-hydrogen) atoms. The fourth-order valence-electron chi connectivity index (χ4n) is 2.70. The molecule has 2 rings (SSSR count). The van der Waals surface area contributed by atoms with Gasteiger partial charge < -0.3 is 19.9 Å². The summed E-state index contributed by atoms with van der Waals surface area (Å²) in [5, 5.41) is 14.1. The highest BCUT2D eigenvalue weighted by Crippen LogP contribution is 2.39. The van der Waals surface area contributed by atoms with Gasteiger partial charge in [0.15, 0.2) is 0 Å². The van der Waals surface area contributed by atoms with Crippen molar-refractivity contribution < 1.29 is 14.6 Å². The Balaban J connectivity index is 2.48. The van der Waals surface area contributed by atoms with Crippen LogP contribution in [-0.2, 0) is 5.60 Å². The number of β-amino-alcohol motifs (C(OH)–C–C–N with tert-alkyl or cyclic N) is 1. The smallest absolute Gasteiger partial charge is 0.128 e. The second-order valence-electron chi connectivity index (χ2n) is 4.83. The minimum absolute atomic E-state index is 0.566. The van der Waals surface area contributed by atoms with Gasteiger partial charge in [0.2, 0.25) is 0 Å². The van der Waals surface area contributed by atoms with Gasteiger partial charge in [-0.25, -0.2) is 0 Å². The Labute approximate surface area is 108 Å². The van der Waals surface area contributed by atoms with E-state index in [1.54, 1.807) is 14.2 Å². The van der Waals surface area contributed by atoms with Gasteiger partial charge in [-0.15, -0.1) is 0 Å². The molecule has 1 fully saturated rings. The van der Waals surface area contributed by atoms with E-state index in [1.165, 1.54) is 0 Å². The number of hydrogen-bond donors (Lipinski definition) is 2. The van der Waals surface area contributed by atoms with E-state index in [1.807, 2.05) is 19.1 Å². The van der Waals surface area contributed by atoms with Crippen molar-refractivity contribution >= 4 is 0 Å². The molecule has 0 saturated carbocycles. The van der Waals surface area contributed by atoms with Gasteiger partial charge in [-0.2, -0.15) is 0 Å². The molecular formula is C14H21NO3. The summed E-state index contributed by atoms with van der Waals surface area (Å²) in [6.07, 6.45) is 1.72. The number of ether oxygens (including phenoxy) is 2. The third kappa shape index (κ3) is 2.31. The van der Waals surface area contributed by atoms with Crippen LogP contribution in [0.5, 0.6) is 11.5 Å². The van der Waals surface area contributed by atoms with Crippen LogP contribution in [0.15, 0.2) is 12.1 Å². The lowest BCUT2D eigenvalue weighted by atomic mass is 9.83. The van der Waals surface area contributed by atoms with E-state index >= 15 is 0 Å². The van der Waals surface area contributed by atoms with Gasteiger partial charge >= 0.3 is 0 Å². The SMILES string of the molecule is COc1cc(C)c(C2(O)CCCNC2)c(OC)c1. The first kappa shape index (κ1) is 13.2. The van der Waals surface area contributed by atoms with E-state index in [-0.39, 0.29) is 0 Å². The fourth-order valence-corrected chi connectivity index (χ4v) is 2.70. The Morgan fingerprint density at radius 1 is 1.28 bits per heavy atom. The van der Waals surface area contributed by atoms with E-state index in [4.69, 9.17) is 9.47 Å². The molecule has 1 saturated heterocycles. The summed E-state index contributed by atoms with van der Waals surface area (Å²) in [5.41, 5.74) is 1.02. The van der Waals surface area contributed by atoms with E-state index in [0.29, 0.717) is 12.3 Å². The maximum absolute atomic E-state index is 10.8. The fraction of sp³-hybridized carbons (Fsp3) is 0.571. The topological polar surface area (TPSA) is 50.7 Å². The number of piperidine rings is 1. The predicted octanol–water partition coefficient (Wildman–Crippen LogP) is 1.58. The van der Waals surface area contributed by atoms with Crippen molar-refractivity contribution in [1.82, 2.24) is 5.32 Å². The largest absolute Gasteiger partial charge is 0.497 e. The molecule has 4 nitrogen and oxygen atoms in total. The summed E-state index contributed by atoms with van der Waals surface area (Å²) in [4.78, 5) is 0. The van der Waals surface area contributed by atoms with Crippen molar-refractivity contribution in [1.29, 1.82) is 0 Å². The number of hydrogen-bond acceptors (Lipinski definition) is 4. The molecule has 100 valence electrons. The van der Waals surface area contributed by atoms with Gasteiger partial charge in [-0.1, -0.05) is 0 Å². The van der Waals surface area contributed by atoms with Crippen molar-refractivity contribution in [2.45, 2.75) is 25.4 Å². The molecule has 0 aliphatic carbocycles. The van der Waals surface area contributed by atoms with Crippen LogP contribution in [0.1, 0.15) is 24.0 Å². The van der Waals surface area contributed by atoms with E-state index in [0.717, 1.165) is 36.3 Å². The molecule has 4 heteroatoms. The number of rotatable bonds is 3. The maximum Gasteiger partial charge on any atom is 0.128 e. The molecular weight excluding hydrogens is 230 g/mol. The van der Waals surface area contributed by atoms with Gasteiger partial charge in [-0.3, -0.25) is 0 Å². The molecule has 0 spiro atoms. The second-order valence-corrected chi connectivity index (χ2v) is 4.83. The predicted molar refractivity (Wildman–Crippen MR) is 70.3 cm³/mol. The van der Waals surface area contributed by atoms with Crippen molar-refractivity contribution in [3.63, 3.8) is 0 Å². The summed E-state index contributed by atoms with van der Waals surface area (Å²) in [6.45, 7) is 3.50. The van der Waals surface area contributed by atoms with Gasteiger partial charge in [-0.05, 0) is 37.9 Å². The zero-order valence-electron chi connectivity index (χ0n) is 11.2. The van der Waals surface area contributed by atoms with Crippen molar-refractivity contribution in [2.75, 3.05) is 27.3 Å². The van der Waals surface area contributed by atoms with Crippen molar-refractivity contribution in [3.8, 4) is 11.5 Å². The first-order valence-corrected chi connectivity index (χ1v) is 6.27. The highest BCUT2D eigenvalue weighted by atomic mass is 16.5. The highest BCUT2D eigenvalue weighted by molar-refractivity contribution is 5.49. The summed E-state index contributed by atoms with van der Waals surface area (Å²) < 4.78 is 10.7. The van der Waals surface area contributed by atoms with Gasteiger partial charge in [0.05, 0.1) is 14.2 Å². The lowest BCUT2D eigenvalue weighted by Crippen LogP contribution is -2.43. The van der Waals surface area contributed by atoms with Crippen LogP contribution in [0.4, 0.5) is 0 Å². The number of nitrogens with one attached hydrogen (secondary N) is 1. The quantitative estimate of drug-likeness (QED) is 0.856.